The van der Waals surface area contributed by atoms with Crippen LogP contribution in [0.5, 0.6) is 11.5 Å². The molecule has 1 atom stereocenters. The van der Waals surface area contributed by atoms with E-state index in [4.69, 9.17) is 9.47 Å². The van der Waals surface area contributed by atoms with Crippen molar-refractivity contribution in [3.05, 3.63) is 108 Å². The molecule has 0 bridgehead atoms. The van der Waals surface area contributed by atoms with Crippen LogP contribution in [-0.2, 0) is 14.4 Å². The lowest BCUT2D eigenvalue weighted by molar-refractivity contribution is -0.132. The number of anilines is 1. The number of benzene rings is 4. The first-order valence-corrected chi connectivity index (χ1v) is 11.6. The highest BCUT2D eigenvalue weighted by Crippen LogP contribution is 2.43. The normalized spacial score (nSPS) is 16.7. The summed E-state index contributed by atoms with van der Waals surface area (Å²) >= 11 is 0. The maximum atomic E-state index is 13.5. The van der Waals surface area contributed by atoms with Gasteiger partial charge in [0.1, 0.15) is 17.3 Å². The van der Waals surface area contributed by atoms with E-state index in [1.54, 1.807) is 60.7 Å². The number of ether oxygens (including phenoxy) is 2. The first-order valence-electron chi connectivity index (χ1n) is 11.6. The van der Waals surface area contributed by atoms with E-state index < -0.39 is 23.7 Å². The predicted molar refractivity (Wildman–Crippen MR) is 139 cm³/mol. The van der Waals surface area contributed by atoms with E-state index >= 15 is 0 Å². The number of carbonyl (C=O) groups excluding carboxylic acids is 3. The van der Waals surface area contributed by atoms with Crippen LogP contribution in [0.3, 0.4) is 0 Å². The molecule has 0 spiro atoms. The van der Waals surface area contributed by atoms with Crippen LogP contribution >= 0.6 is 0 Å². The summed E-state index contributed by atoms with van der Waals surface area (Å²) in [5.74, 6) is -1.48. The third kappa shape index (κ3) is 4.31. The topological polar surface area (TPSA) is 93.1 Å². The van der Waals surface area contributed by atoms with Gasteiger partial charge < -0.3 is 14.6 Å². The van der Waals surface area contributed by atoms with Crippen molar-refractivity contribution in [3.8, 4) is 11.5 Å². The highest BCUT2D eigenvalue weighted by Gasteiger charge is 2.47. The number of carbonyl (C=O) groups is 3. The SMILES string of the molecule is COc1cccc(N2C(=O)C(=O)/C(=C(\O)c3cccc4ccccc34)C2c2ccc(OC(C)=O)cc2)c1. The van der Waals surface area contributed by atoms with Gasteiger partial charge in [0.25, 0.3) is 11.7 Å². The molecule has 0 aromatic heterocycles. The number of nitrogens with zero attached hydrogens (tertiary/aromatic N) is 1. The smallest absolute Gasteiger partial charge is 0.308 e. The Morgan fingerprint density at radius 2 is 1.57 bits per heavy atom. The van der Waals surface area contributed by atoms with Crippen molar-refractivity contribution < 1.29 is 29.0 Å². The van der Waals surface area contributed by atoms with E-state index in [0.717, 1.165) is 10.8 Å². The standard InChI is InChI=1S/C30H23NO6/c1-18(32)37-22-15-13-20(14-16-22)27-26(28(33)25-12-5-8-19-7-3-4-11-24(19)25)29(34)30(35)31(27)21-9-6-10-23(17-21)36-2/h3-17,27,33H,1-2H3/b28-26-. The van der Waals surface area contributed by atoms with Crippen molar-refractivity contribution in [2.45, 2.75) is 13.0 Å². The van der Waals surface area contributed by atoms with Crippen molar-refractivity contribution in [3.63, 3.8) is 0 Å². The fourth-order valence-corrected chi connectivity index (χ4v) is 4.64. The number of aliphatic hydroxyl groups excluding tert-OH is 1. The first kappa shape index (κ1) is 23.8. The van der Waals surface area contributed by atoms with Crippen LogP contribution in [0, 0.1) is 0 Å². The molecule has 1 unspecified atom stereocenters. The molecular weight excluding hydrogens is 470 g/mol. The van der Waals surface area contributed by atoms with E-state index in [-0.39, 0.29) is 11.3 Å². The number of hydrogen-bond donors (Lipinski definition) is 1. The molecule has 0 aliphatic carbocycles. The van der Waals surface area contributed by atoms with E-state index in [1.807, 2.05) is 30.3 Å². The number of esters is 1. The van der Waals surface area contributed by atoms with Crippen molar-refractivity contribution in [1.29, 1.82) is 0 Å². The Hall–Kier alpha value is -4.91. The van der Waals surface area contributed by atoms with Gasteiger partial charge in [0.15, 0.2) is 0 Å². The molecule has 1 saturated heterocycles. The van der Waals surface area contributed by atoms with E-state index in [0.29, 0.717) is 28.3 Å². The zero-order valence-corrected chi connectivity index (χ0v) is 20.2. The minimum Gasteiger partial charge on any atom is -0.507 e. The van der Waals surface area contributed by atoms with Crippen LogP contribution in [0.15, 0.2) is 96.6 Å². The molecule has 4 aromatic carbocycles. The molecule has 1 amide bonds. The van der Waals surface area contributed by atoms with Gasteiger partial charge in [0.2, 0.25) is 0 Å². The summed E-state index contributed by atoms with van der Waals surface area (Å²) in [4.78, 5) is 39.6. The zero-order chi connectivity index (χ0) is 26.1. The molecule has 7 heteroatoms. The third-order valence-electron chi connectivity index (χ3n) is 6.28. The number of hydrogen-bond acceptors (Lipinski definition) is 6. The van der Waals surface area contributed by atoms with E-state index in [1.165, 1.54) is 18.9 Å². The fourth-order valence-electron chi connectivity index (χ4n) is 4.64. The molecule has 1 fully saturated rings. The van der Waals surface area contributed by atoms with Gasteiger partial charge >= 0.3 is 5.97 Å². The second-order valence-electron chi connectivity index (χ2n) is 8.56. The summed E-state index contributed by atoms with van der Waals surface area (Å²) in [5, 5.41) is 13.2. The Morgan fingerprint density at radius 1 is 0.865 bits per heavy atom. The Bertz CT molecular complexity index is 1570. The Labute approximate surface area is 213 Å². The molecular formula is C30H23NO6. The van der Waals surface area contributed by atoms with Crippen molar-refractivity contribution in [2.24, 2.45) is 0 Å². The van der Waals surface area contributed by atoms with E-state index in [2.05, 4.69) is 0 Å². The minimum atomic E-state index is -0.933. The number of aliphatic hydroxyl groups is 1. The van der Waals surface area contributed by atoms with Crippen LogP contribution in [0.25, 0.3) is 16.5 Å². The number of amides is 1. The molecule has 0 saturated carbocycles. The van der Waals surface area contributed by atoms with Crippen molar-refractivity contribution in [1.82, 2.24) is 0 Å². The lowest BCUT2D eigenvalue weighted by Gasteiger charge is -2.26. The number of methoxy groups -OCH3 is 1. The molecule has 5 rings (SSSR count). The van der Waals surface area contributed by atoms with E-state index in [9.17, 15) is 19.5 Å². The third-order valence-corrected chi connectivity index (χ3v) is 6.28. The molecule has 7 nitrogen and oxygen atoms in total. The van der Waals surface area contributed by atoms with Gasteiger partial charge in [-0.1, -0.05) is 60.7 Å². The summed E-state index contributed by atoms with van der Waals surface area (Å²) in [5.41, 5.74) is 1.40. The van der Waals surface area contributed by atoms with Gasteiger partial charge in [-0.25, -0.2) is 0 Å². The molecule has 0 radical (unpaired) electrons. The zero-order valence-electron chi connectivity index (χ0n) is 20.2. The molecule has 37 heavy (non-hydrogen) atoms. The van der Waals surface area contributed by atoms with Crippen molar-refractivity contribution in [2.75, 3.05) is 12.0 Å². The fraction of sp³-hybridized carbons (Fsp3) is 0.100. The van der Waals surface area contributed by atoms with Crippen LogP contribution in [-0.4, -0.2) is 29.9 Å². The first-order chi connectivity index (χ1) is 17.9. The van der Waals surface area contributed by atoms with Crippen molar-refractivity contribution >= 4 is 39.9 Å². The van der Waals surface area contributed by atoms with Crippen LogP contribution in [0.2, 0.25) is 0 Å². The maximum Gasteiger partial charge on any atom is 0.308 e. The van der Waals surface area contributed by atoms with Gasteiger partial charge in [-0.3, -0.25) is 19.3 Å². The van der Waals surface area contributed by atoms with Crippen LogP contribution in [0.1, 0.15) is 24.1 Å². The summed E-state index contributed by atoms with van der Waals surface area (Å²) in [6, 6.07) is 25.3. The van der Waals surface area contributed by atoms with Gasteiger partial charge in [-0.2, -0.15) is 0 Å². The van der Waals surface area contributed by atoms with Gasteiger partial charge in [-0.15, -0.1) is 0 Å². The molecule has 1 heterocycles. The van der Waals surface area contributed by atoms with Gasteiger partial charge in [0, 0.05) is 24.2 Å². The molecule has 184 valence electrons. The molecule has 1 N–H and O–H groups in total. The molecule has 1 aliphatic heterocycles. The summed E-state index contributed by atoms with van der Waals surface area (Å²) in [6.07, 6.45) is 0. The highest BCUT2D eigenvalue weighted by atomic mass is 16.5. The maximum absolute atomic E-state index is 13.5. The Balaban J connectivity index is 1.73. The Kier molecular flexibility index (Phi) is 6.19. The van der Waals surface area contributed by atoms with Crippen LogP contribution < -0.4 is 14.4 Å². The van der Waals surface area contributed by atoms with Gasteiger partial charge in [-0.05, 0) is 40.6 Å². The van der Waals surface area contributed by atoms with Gasteiger partial charge in [0.05, 0.1) is 18.7 Å². The largest absolute Gasteiger partial charge is 0.507 e. The minimum absolute atomic E-state index is 0.0376. The monoisotopic (exact) mass is 493 g/mol. The lowest BCUT2D eigenvalue weighted by Crippen LogP contribution is -2.29. The average molecular weight is 494 g/mol. The molecule has 1 aliphatic rings. The number of Topliss-reactive ketones (excluding diaryl/α,β-unsaturated/α-hetero) is 1. The number of ketones is 1. The lowest BCUT2D eigenvalue weighted by atomic mass is 9.93. The quantitative estimate of drug-likeness (QED) is 0.132. The predicted octanol–water partition coefficient (Wildman–Crippen LogP) is 5.40. The number of rotatable bonds is 5. The van der Waals surface area contributed by atoms with Crippen LogP contribution in [0.4, 0.5) is 5.69 Å². The highest BCUT2D eigenvalue weighted by molar-refractivity contribution is 6.51. The second kappa shape index (κ2) is 9.62. The number of fused-ring (bicyclic) bond motifs is 1. The molecule has 4 aromatic rings. The summed E-state index contributed by atoms with van der Waals surface area (Å²) < 4.78 is 10.5. The second-order valence-corrected chi connectivity index (χ2v) is 8.56. The summed E-state index contributed by atoms with van der Waals surface area (Å²) in [7, 11) is 1.51. The summed E-state index contributed by atoms with van der Waals surface area (Å²) in [6.45, 7) is 1.30. The average Bonchev–Trinajstić information content (AvgIpc) is 3.18. The Morgan fingerprint density at radius 3 is 2.30 bits per heavy atom.